The van der Waals surface area contributed by atoms with Crippen LogP contribution in [0.3, 0.4) is 0 Å². The Morgan fingerprint density at radius 1 is 1.10 bits per heavy atom. The molecular formula is C22H29F3N2O2. The lowest BCUT2D eigenvalue weighted by atomic mass is 9.80. The highest BCUT2D eigenvalue weighted by atomic mass is 19.1. The second-order valence-electron chi connectivity index (χ2n) is 8.84. The van der Waals surface area contributed by atoms with Gasteiger partial charge in [0.1, 0.15) is 17.3 Å². The molecule has 0 radical (unpaired) electrons. The van der Waals surface area contributed by atoms with Crippen LogP contribution in [0.15, 0.2) is 18.2 Å². The zero-order valence-corrected chi connectivity index (χ0v) is 16.6. The Bertz CT molecular complexity index is 727. The molecule has 1 aliphatic heterocycles. The van der Waals surface area contributed by atoms with E-state index >= 15 is 4.39 Å². The first-order valence-corrected chi connectivity index (χ1v) is 10.7. The summed E-state index contributed by atoms with van der Waals surface area (Å²) >= 11 is 0. The van der Waals surface area contributed by atoms with Crippen LogP contribution in [0.2, 0.25) is 0 Å². The van der Waals surface area contributed by atoms with Crippen LogP contribution in [0.1, 0.15) is 56.9 Å². The van der Waals surface area contributed by atoms with E-state index in [1.54, 1.807) is 0 Å². The van der Waals surface area contributed by atoms with Gasteiger partial charge in [-0.15, -0.1) is 0 Å². The first-order chi connectivity index (χ1) is 13.9. The highest BCUT2D eigenvalue weighted by Crippen LogP contribution is 2.42. The predicted molar refractivity (Wildman–Crippen MR) is 103 cm³/mol. The maximum atomic E-state index is 15.3. The number of likely N-dealkylation sites (tertiary alicyclic amines) is 1. The summed E-state index contributed by atoms with van der Waals surface area (Å²) in [5.41, 5.74) is 4.61. The van der Waals surface area contributed by atoms with E-state index in [4.69, 9.17) is 10.5 Å². The number of hydrogen-bond acceptors (Lipinski definition) is 3. The summed E-state index contributed by atoms with van der Waals surface area (Å²) in [6.45, 7) is 1.08. The van der Waals surface area contributed by atoms with Crippen LogP contribution in [0, 0.1) is 17.6 Å². The Morgan fingerprint density at radius 2 is 1.76 bits per heavy atom. The zero-order chi connectivity index (χ0) is 20.6. The Kier molecular flexibility index (Phi) is 5.89. The monoisotopic (exact) mass is 410 g/mol. The number of hydrogen-bond donors (Lipinski definition) is 1. The molecule has 2 unspecified atom stereocenters. The minimum atomic E-state index is -1.74. The lowest BCUT2D eigenvalue weighted by molar-refractivity contribution is -0.140. The fraction of sp³-hybridized carbons (Fsp3) is 0.682. The molecule has 3 fully saturated rings. The SMILES string of the molecule is NC1CCCN(C(=O)C2CC2)C1COC1CCC(F)(c2cc(F)cc(F)c2)CC1. The molecule has 2 aliphatic carbocycles. The highest BCUT2D eigenvalue weighted by Gasteiger charge is 2.41. The van der Waals surface area contributed by atoms with Crippen molar-refractivity contribution in [3.8, 4) is 0 Å². The highest BCUT2D eigenvalue weighted by molar-refractivity contribution is 5.81. The van der Waals surface area contributed by atoms with E-state index in [-0.39, 0.29) is 48.4 Å². The second-order valence-corrected chi connectivity index (χ2v) is 8.84. The van der Waals surface area contributed by atoms with Crippen LogP contribution in [0.25, 0.3) is 0 Å². The van der Waals surface area contributed by atoms with E-state index < -0.39 is 17.3 Å². The molecule has 160 valence electrons. The van der Waals surface area contributed by atoms with Crippen LogP contribution in [0.4, 0.5) is 13.2 Å². The number of amides is 1. The third kappa shape index (κ3) is 4.61. The number of rotatable bonds is 5. The maximum Gasteiger partial charge on any atom is 0.226 e. The van der Waals surface area contributed by atoms with Crippen molar-refractivity contribution in [3.05, 3.63) is 35.4 Å². The van der Waals surface area contributed by atoms with Gasteiger partial charge >= 0.3 is 0 Å². The minimum absolute atomic E-state index is 0.0592. The third-order valence-corrected chi connectivity index (χ3v) is 6.65. The Morgan fingerprint density at radius 3 is 2.38 bits per heavy atom. The lowest BCUT2D eigenvalue weighted by Gasteiger charge is -2.41. The van der Waals surface area contributed by atoms with Gasteiger partial charge in [0.2, 0.25) is 5.91 Å². The van der Waals surface area contributed by atoms with Crippen molar-refractivity contribution in [1.29, 1.82) is 0 Å². The summed E-state index contributed by atoms with van der Waals surface area (Å²) in [5, 5.41) is 0. The molecule has 2 saturated carbocycles. The fourth-order valence-electron chi connectivity index (χ4n) is 4.69. The van der Waals surface area contributed by atoms with Crippen LogP contribution < -0.4 is 5.73 Å². The number of ether oxygens (including phenoxy) is 1. The molecule has 2 atom stereocenters. The molecule has 1 heterocycles. The van der Waals surface area contributed by atoms with Gasteiger partial charge in [0.15, 0.2) is 0 Å². The van der Waals surface area contributed by atoms with E-state index in [1.807, 2.05) is 4.90 Å². The summed E-state index contributed by atoms with van der Waals surface area (Å²) in [4.78, 5) is 14.5. The van der Waals surface area contributed by atoms with Crippen LogP contribution >= 0.6 is 0 Å². The van der Waals surface area contributed by atoms with Crippen LogP contribution in [-0.4, -0.2) is 42.1 Å². The summed E-state index contributed by atoms with van der Waals surface area (Å²) < 4.78 is 48.3. The van der Waals surface area contributed by atoms with E-state index in [9.17, 15) is 13.6 Å². The van der Waals surface area contributed by atoms with Gasteiger partial charge in [0, 0.05) is 24.6 Å². The average Bonchev–Trinajstić information content (AvgIpc) is 3.52. The summed E-state index contributed by atoms with van der Waals surface area (Å²) in [5.74, 6) is -1.19. The Hall–Kier alpha value is -1.60. The van der Waals surface area contributed by atoms with E-state index in [2.05, 4.69) is 0 Å². The molecular weight excluding hydrogens is 381 g/mol. The Labute approximate surface area is 169 Å². The van der Waals surface area contributed by atoms with Gasteiger partial charge in [-0.25, -0.2) is 13.2 Å². The van der Waals surface area contributed by atoms with Crippen molar-refractivity contribution in [2.24, 2.45) is 11.7 Å². The standard InChI is InChI=1S/C22H29F3N2O2/c23-16-10-15(11-17(24)12-16)22(25)7-5-18(6-8-22)29-13-20-19(26)2-1-9-27(20)21(28)14-3-4-14/h10-12,14,18-20H,1-9,13,26H2. The number of carbonyl (C=O) groups is 1. The molecule has 1 aromatic rings. The van der Waals surface area contributed by atoms with Crippen molar-refractivity contribution >= 4 is 5.91 Å². The van der Waals surface area contributed by atoms with E-state index in [1.165, 1.54) is 0 Å². The average molecular weight is 410 g/mol. The maximum absolute atomic E-state index is 15.3. The molecule has 3 aliphatic rings. The number of nitrogens with zero attached hydrogens (tertiary/aromatic N) is 1. The molecule has 1 saturated heterocycles. The number of alkyl halides is 1. The summed E-state index contributed by atoms with van der Waals surface area (Å²) in [6, 6.07) is 2.67. The van der Waals surface area contributed by atoms with Gasteiger partial charge in [-0.2, -0.15) is 0 Å². The molecule has 1 amide bonds. The molecule has 29 heavy (non-hydrogen) atoms. The Balaban J connectivity index is 1.33. The molecule has 7 heteroatoms. The fourth-order valence-corrected chi connectivity index (χ4v) is 4.69. The first-order valence-electron chi connectivity index (χ1n) is 10.7. The van der Waals surface area contributed by atoms with E-state index in [0.29, 0.717) is 19.4 Å². The molecule has 0 spiro atoms. The number of halogens is 3. The van der Waals surface area contributed by atoms with Gasteiger partial charge in [0.05, 0.1) is 18.8 Å². The minimum Gasteiger partial charge on any atom is -0.376 e. The third-order valence-electron chi connectivity index (χ3n) is 6.65. The van der Waals surface area contributed by atoms with Gasteiger partial charge in [-0.1, -0.05) is 0 Å². The predicted octanol–water partition coefficient (Wildman–Crippen LogP) is 3.82. The molecule has 2 N–H and O–H groups in total. The number of nitrogens with two attached hydrogens (primary N) is 1. The topological polar surface area (TPSA) is 55.6 Å². The van der Waals surface area contributed by atoms with Crippen molar-refractivity contribution in [2.75, 3.05) is 13.2 Å². The lowest BCUT2D eigenvalue weighted by Crippen LogP contribution is -2.57. The smallest absolute Gasteiger partial charge is 0.226 e. The van der Waals surface area contributed by atoms with Gasteiger partial charge in [-0.3, -0.25) is 4.79 Å². The molecule has 0 bridgehead atoms. The number of carbonyl (C=O) groups excluding carboxylic acids is 1. The zero-order valence-electron chi connectivity index (χ0n) is 16.6. The van der Waals surface area contributed by atoms with Crippen molar-refractivity contribution < 1.29 is 22.7 Å². The number of piperidine rings is 1. The number of benzene rings is 1. The summed E-state index contributed by atoms with van der Waals surface area (Å²) in [7, 11) is 0. The molecule has 4 nitrogen and oxygen atoms in total. The molecule has 1 aromatic carbocycles. The quantitative estimate of drug-likeness (QED) is 0.803. The molecule has 0 aromatic heterocycles. The van der Waals surface area contributed by atoms with Crippen LogP contribution in [0.5, 0.6) is 0 Å². The van der Waals surface area contributed by atoms with Gasteiger partial charge in [-0.05, 0) is 69.1 Å². The first kappa shape index (κ1) is 20.7. The largest absolute Gasteiger partial charge is 0.376 e. The normalized spacial score (nSPS) is 33.0. The molecule has 4 rings (SSSR count). The van der Waals surface area contributed by atoms with Gasteiger partial charge < -0.3 is 15.4 Å². The van der Waals surface area contributed by atoms with Crippen molar-refractivity contribution in [3.63, 3.8) is 0 Å². The van der Waals surface area contributed by atoms with Crippen molar-refractivity contribution in [2.45, 2.75) is 75.2 Å². The van der Waals surface area contributed by atoms with Crippen molar-refractivity contribution in [1.82, 2.24) is 4.90 Å². The summed E-state index contributed by atoms with van der Waals surface area (Å²) in [6.07, 6.45) is 4.80. The van der Waals surface area contributed by atoms with Crippen LogP contribution in [-0.2, 0) is 15.2 Å². The van der Waals surface area contributed by atoms with E-state index in [0.717, 1.165) is 50.4 Å². The van der Waals surface area contributed by atoms with Gasteiger partial charge in [0.25, 0.3) is 0 Å². The second kappa shape index (κ2) is 8.26.